The number of aliphatic imine (C=N–C) groups is 1. The minimum atomic E-state index is 0.324. The van der Waals surface area contributed by atoms with E-state index >= 15 is 0 Å². The minimum absolute atomic E-state index is 0.324. The van der Waals surface area contributed by atoms with Crippen molar-refractivity contribution in [2.24, 2.45) is 10.4 Å². The number of rotatable bonds is 7. The molecule has 25 heavy (non-hydrogen) atoms. The summed E-state index contributed by atoms with van der Waals surface area (Å²) in [5.41, 5.74) is 0.369. The van der Waals surface area contributed by atoms with Gasteiger partial charge in [0.25, 0.3) is 0 Å². The van der Waals surface area contributed by atoms with E-state index in [1.165, 1.54) is 6.42 Å². The van der Waals surface area contributed by atoms with E-state index in [0.29, 0.717) is 18.1 Å². The summed E-state index contributed by atoms with van der Waals surface area (Å²) < 4.78 is 7.12. The summed E-state index contributed by atoms with van der Waals surface area (Å²) >= 11 is 0. The van der Waals surface area contributed by atoms with Crippen LogP contribution in [0.15, 0.2) is 4.99 Å². The minimum Gasteiger partial charge on any atom is -0.377 e. The van der Waals surface area contributed by atoms with Crippen molar-refractivity contribution in [3.8, 4) is 0 Å². The Morgan fingerprint density at radius 2 is 2.20 bits per heavy atom. The molecule has 142 valence electrons. The Morgan fingerprint density at radius 3 is 2.88 bits per heavy atom. The monoisotopic (exact) mass is 350 g/mol. The second kappa shape index (κ2) is 9.17. The first-order valence-corrected chi connectivity index (χ1v) is 9.37. The van der Waals surface area contributed by atoms with Gasteiger partial charge in [0.2, 0.25) is 0 Å². The van der Waals surface area contributed by atoms with Crippen molar-refractivity contribution in [2.75, 3.05) is 20.2 Å². The Kier molecular flexibility index (Phi) is 7.23. The number of ether oxygens (including phenoxy) is 1. The largest absolute Gasteiger partial charge is 0.377 e. The fraction of sp³-hybridized carbons (Fsp3) is 0.833. The lowest BCUT2D eigenvalue weighted by molar-refractivity contribution is 0.177. The van der Waals surface area contributed by atoms with Crippen LogP contribution in [0.25, 0.3) is 0 Å². The molecule has 1 atom stereocenters. The highest BCUT2D eigenvalue weighted by Crippen LogP contribution is 2.20. The molecule has 0 fully saturated rings. The molecule has 0 saturated heterocycles. The summed E-state index contributed by atoms with van der Waals surface area (Å²) in [4.78, 5) is 9.26. The Bertz CT molecular complexity index is 560. The molecule has 0 aliphatic carbocycles. The van der Waals surface area contributed by atoms with Crippen LogP contribution in [-0.4, -0.2) is 47.0 Å². The summed E-state index contributed by atoms with van der Waals surface area (Å²) in [7, 11) is 1.67. The van der Waals surface area contributed by atoms with E-state index in [4.69, 9.17) is 9.73 Å². The maximum Gasteiger partial charge on any atom is 0.191 e. The van der Waals surface area contributed by atoms with Crippen molar-refractivity contribution in [3.63, 3.8) is 0 Å². The van der Waals surface area contributed by atoms with Crippen molar-refractivity contribution >= 4 is 5.96 Å². The zero-order valence-corrected chi connectivity index (χ0v) is 16.4. The highest BCUT2D eigenvalue weighted by atomic mass is 16.5. The molecule has 0 bridgehead atoms. The average Bonchev–Trinajstić information content (AvgIpc) is 2.93. The standard InChI is InChI=1S/C18H34N6O/c1-6-19-17(20-11-7-10-18(2,3)4)21-14-8-9-16-22-15(13-25-5)23-24(16)12-14/h14H,6-13H2,1-5H3,(H2,19,20,21). The maximum atomic E-state index is 5.12. The molecule has 2 N–H and O–H groups in total. The topological polar surface area (TPSA) is 76.4 Å². The molecule has 0 saturated carbocycles. The Morgan fingerprint density at radius 1 is 1.40 bits per heavy atom. The fourth-order valence-electron chi connectivity index (χ4n) is 2.98. The number of methoxy groups -OCH3 is 1. The first kappa shape index (κ1) is 19.7. The van der Waals surface area contributed by atoms with Gasteiger partial charge in [-0.05, 0) is 31.6 Å². The molecule has 1 aliphatic rings. The van der Waals surface area contributed by atoms with Crippen LogP contribution >= 0.6 is 0 Å². The lowest BCUT2D eigenvalue weighted by Crippen LogP contribution is -2.47. The van der Waals surface area contributed by atoms with Gasteiger partial charge in [-0.3, -0.25) is 4.99 Å². The van der Waals surface area contributed by atoms with Gasteiger partial charge in [-0.25, -0.2) is 9.67 Å². The van der Waals surface area contributed by atoms with Crippen molar-refractivity contribution in [1.82, 2.24) is 25.4 Å². The maximum absolute atomic E-state index is 5.12. The van der Waals surface area contributed by atoms with E-state index in [9.17, 15) is 0 Å². The second-order valence-electron chi connectivity index (χ2n) is 7.86. The zero-order chi connectivity index (χ0) is 18.3. The van der Waals surface area contributed by atoms with Gasteiger partial charge in [0.15, 0.2) is 11.8 Å². The number of aryl methyl sites for hydroxylation is 1. The second-order valence-corrected chi connectivity index (χ2v) is 7.86. The predicted molar refractivity (Wildman–Crippen MR) is 101 cm³/mol. The first-order valence-electron chi connectivity index (χ1n) is 9.37. The van der Waals surface area contributed by atoms with Gasteiger partial charge in [0.05, 0.1) is 6.54 Å². The first-order chi connectivity index (χ1) is 11.9. The molecule has 0 radical (unpaired) electrons. The molecule has 1 aromatic rings. The smallest absolute Gasteiger partial charge is 0.191 e. The summed E-state index contributed by atoms with van der Waals surface area (Å²) in [5, 5.41) is 11.4. The molecular weight excluding hydrogens is 316 g/mol. The van der Waals surface area contributed by atoms with Crippen molar-refractivity contribution in [2.45, 2.75) is 72.6 Å². The summed E-state index contributed by atoms with van der Waals surface area (Å²) in [5.74, 6) is 2.72. The van der Waals surface area contributed by atoms with Crippen LogP contribution in [0.5, 0.6) is 0 Å². The molecule has 1 aromatic heterocycles. The van der Waals surface area contributed by atoms with Gasteiger partial charge in [-0.2, -0.15) is 5.10 Å². The van der Waals surface area contributed by atoms with E-state index in [1.807, 2.05) is 4.68 Å². The molecule has 1 unspecified atom stereocenters. The third kappa shape index (κ3) is 6.65. The van der Waals surface area contributed by atoms with Gasteiger partial charge in [0.1, 0.15) is 12.4 Å². The summed E-state index contributed by atoms with van der Waals surface area (Å²) in [6, 6.07) is 0.324. The molecule has 1 aliphatic heterocycles. The number of aromatic nitrogens is 3. The summed E-state index contributed by atoms with van der Waals surface area (Å²) in [6.07, 6.45) is 4.26. The van der Waals surface area contributed by atoms with E-state index in [-0.39, 0.29) is 0 Å². The SMILES string of the molecule is CCNC(=NCCCC(C)(C)C)NC1CCc2nc(COC)nn2C1. The molecule has 2 rings (SSSR count). The lowest BCUT2D eigenvalue weighted by atomic mass is 9.91. The van der Waals surface area contributed by atoms with Gasteiger partial charge in [-0.15, -0.1) is 0 Å². The van der Waals surface area contributed by atoms with E-state index in [0.717, 1.165) is 56.5 Å². The van der Waals surface area contributed by atoms with E-state index in [1.54, 1.807) is 7.11 Å². The fourth-order valence-corrected chi connectivity index (χ4v) is 2.98. The molecule has 2 heterocycles. The number of nitrogens with one attached hydrogen (secondary N) is 2. The van der Waals surface area contributed by atoms with Gasteiger partial charge < -0.3 is 15.4 Å². The molecule has 7 nitrogen and oxygen atoms in total. The Balaban J connectivity index is 1.88. The van der Waals surface area contributed by atoms with Crippen LogP contribution in [-0.2, 0) is 24.3 Å². The lowest BCUT2D eigenvalue weighted by Gasteiger charge is -2.25. The number of nitrogens with zero attached hydrogens (tertiary/aromatic N) is 4. The number of guanidine groups is 1. The average molecular weight is 351 g/mol. The van der Waals surface area contributed by atoms with Crippen LogP contribution in [0.1, 0.15) is 58.6 Å². The highest BCUT2D eigenvalue weighted by Gasteiger charge is 2.22. The molecular formula is C18H34N6O. The number of hydrogen-bond donors (Lipinski definition) is 2. The van der Waals surface area contributed by atoms with Crippen LogP contribution < -0.4 is 10.6 Å². The summed E-state index contributed by atoms with van der Waals surface area (Å²) in [6.45, 7) is 11.9. The van der Waals surface area contributed by atoms with Crippen molar-refractivity contribution in [3.05, 3.63) is 11.6 Å². The van der Waals surface area contributed by atoms with Crippen LogP contribution in [0.4, 0.5) is 0 Å². The molecule has 7 heteroatoms. The predicted octanol–water partition coefficient (Wildman–Crippen LogP) is 2.12. The van der Waals surface area contributed by atoms with E-state index in [2.05, 4.69) is 48.4 Å². The van der Waals surface area contributed by atoms with E-state index < -0.39 is 0 Å². The van der Waals surface area contributed by atoms with Crippen molar-refractivity contribution < 1.29 is 4.74 Å². The normalized spacial score (nSPS) is 18.1. The zero-order valence-electron chi connectivity index (χ0n) is 16.4. The third-order valence-corrected chi connectivity index (χ3v) is 4.22. The molecule has 0 aromatic carbocycles. The molecule has 0 amide bonds. The number of fused-ring (bicyclic) bond motifs is 1. The Hall–Kier alpha value is -1.63. The van der Waals surface area contributed by atoms with Gasteiger partial charge in [0, 0.05) is 32.7 Å². The van der Waals surface area contributed by atoms with Crippen LogP contribution in [0.2, 0.25) is 0 Å². The highest BCUT2D eigenvalue weighted by molar-refractivity contribution is 5.80. The van der Waals surface area contributed by atoms with Gasteiger partial charge >= 0.3 is 0 Å². The van der Waals surface area contributed by atoms with Gasteiger partial charge in [-0.1, -0.05) is 20.8 Å². The van der Waals surface area contributed by atoms with Crippen LogP contribution in [0.3, 0.4) is 0 Å². The van der Waals surface area contributed by atoms with Crippen LogP contribution in [0, 0.1) is 5.41 Å². The number of hydrogen-bond acceptors (Lipinski definition) is 4. The van der Waals surface area contributed by atoms with Crippen molar-refractivity contribution in [1.29, 1.82) is 0 Å². The molecule has 0 spiro atoms. The Labute approximate surface area is 151 Å². The third-order valence-electron chi connectivity index (χ3n) is 4.22. The quantitative estimate of drug-likeness (QED) is 0.447.